The average molecular weight is 512 g/mol. The van der Waals surface area contributed by atoms with Gasteiger partial charge >= 0.3 is 0 Å². The van der Waals surface area contributed by atoms with Gasteiger partial charge in [-0.05, 0) is 53.4 Å². The van der Waals surface area contributed by atoms with E-state index in [0.717, 1.165) is 31.0 Å². The number of alkyl halides is 1. The van der Waals surface area contributed by atoms with Gasteiger partial charge in [0.05, 0.1) is 11.7 Å². The van der Waals surface area contributed by atoms with Crippen LogP contribution in [0.3, 0.4) is 0 Å². The van der Waals surface area contributed by atoms with Gasteiger partial charge in [0.25, 0.3) is 6.36 Å². The average Bonchev–Trinajstić information content (AvgIpc) is 2.77. The molecule has 0 saturated carbocycles. The molecule has 1 aliphatic heterocycles. The van der Waals surface area contributed by atoms with Crippen molar-refractivity contribution in [1.82, 2.24) is 0 Å². The molecule has 3 aromatic rings. The Morgan fingerprint density at radius 1 is 0.912 bits per heavy atom. The van der Waals surface area contributed by atoms with E-state index in [2.05, 4.69) is 16.2 Å². The molecule has 0 spiro atoms. The summed E-state index contributed by atoms with van der Waals surface area (Å²) < 4.78 is 82.8. The minimum absolute atomic E-state index is 0.0826. The molecule has 3 aromatic carbocycles. The van der Waals surface area contributed by atoms with Crippen molar-refractivity contribution in [2.24, 2.45) is 5.92 Å². The summed E-state index contributed by atoms with van der Waals surface area (Å²) in [7, 11) is 4.08. The van der Waals surface area contributed by atoms with Crippen LogP contribution in [0.25, 0.3) is 11.1 Å². The lowest BCUT2D eigenvalue weighted by atomic mass is 9.94. The van der Waals surface area contributed by atoms with Crippen LogP contribution >= 0.6 is 18.5 Å². The highest BCUT2D eigenvalue weighted by Gasteiger charge is 2.24. The fourth-order valence-corrected chi connectivity index (χ4v) is 4.57. The molecular weight excluding hydrogens is 489 g/mol. The lowest BCUT2D eigenvalue weighted by Gasteiger charge is -2.27. The zero-order chi connectivity index (χ0) is 24.6. The molecule has 34 heavy (non-hydrogen) atoms. The fraction of sp³-hybridized carbons (Fsp3) is 0.280. The maximum absolute atomic E-state index is 14.9. The summed E-state index contributed by atoms with van der Waals surface area (Å²) in [5.74, 6) is -3.38. The molecule has 5 unspecified atom stereocenters. The molecule has 1 heterocycles. The number of ether oxygens (including phenoxy) is 2. The third kappa shape index (κ3) is 5.27. The SMILES string of the molecule is CC1CCC(c2ccc(-c3cc(F)c(C(F)Oc4cc(F)c(P)c(F)c4)c(P)c3)c(F)c2)OC1. The van der Waals surface area contributed by atoms with Gasteiger partial charge in [0.15, 0.2) is 0 Å². The van der Waals surface area contributed by atoms with Gasteiger partial charge in [-0.15, -0.1) is 9.24 Å². The molecule has 4 rings (SSSR count). The first kappa shape index (κ1) is 25.0. The molecule has 1 saturated heterocycles. The molecule has 180 valence electrons. The second-order valence-corrected chi connectivity index (χ2v) is 9.64. The predicted molar refractivity (Wildman–Crippen MR) is 128 cm³/mol. The van der Waals surface area contributed by atoms with Crippen LogP contribution in [-0.4, -0.2) is 6.61 Å². The lowest BCUT2D eigenvalue weighted by Crippen LogP contribution is -2.18. The smallest absolute Gasteiger partial charge is 0.267 e. The highest BCUT2D eigenvalue weighted by atomic mass is 31.0. The monoisotopic (exact) mass is 512 g/mol. The van der Waals surface area contributed by atoms with Crippen LogP contribution in [0, 0.1) is 29.2 Å². The Morgan fingerprint density at radius 3 is 2.21 bits per heavy atom. The van der Waals surface area contributed by atoms with Gasteiger partial charge in [0.1, 0.15) is 29.0 Å². The van der Waals surface area contributed by atoms with Crippen molar-refractivity contribution in [2.75, 3.05) is 6.61 Å². The molecule has 1 aliphatic rings. The van der Waals surface area contributed by atoms with Gasteiger partial charge in [-0.25, -0.2) is 17.6 Å². The summed E-state index contributed by atoms with van der Waals surface area (Å²) in [4.78, 5) is 0. The van der Waals surface area contributed by atoms with E-state index in [-0.39, 0.29) is 27.8 Å². The Bertz CT molecular complexity index is 1170. The van der Waals surface area contributed by atoms with Crippen LogP contribution in [0.15, 0.2) is 42.5 Å². The van der Waals surface area contributed by atoms with E-state index in [1.165, 1.54) is 12.1 Å². The molecule has 0 aliphatic carbocycles. The quantitative estimate of drug-likeness (QED) is 0.289. The second-order valence-electron chi connectivity index (χ2n) is 8.44. The van der Waals surface area contributed by atoms with Gasteiger partial charge in [0, 0.05) is 29.6 Å². The summed E-state index contributed by atoms with van der Waals surface area (Å²) in [5, 5.41) is -0.234. The summed E-state index contributed by atoms with van der Waals surface area (Å²) in [6, 6.07) is 8.69. The van der Waals surface area contributed by atoms with Crippen LogP contribution in [0.1, 0.15) is 43.4 Å². The first-order valence-electron chi connectivity index (χ1n) is 10.7. The van der Waals surface area contributed by atoms with Crippen molar-refractivity contribution < 1.29 is 31.4 Å². The van der Waals surface area contributed by atoms with Crippen LogP contribution < -0.4 is 15.3 Å². The molecule has 0 aromatic heterocycles. The molecule has 0 radical (unpaired) electrons. The van der Waals surface area contributed by atoms with Crippen LogP contribution in [0.4, 0.5) is 22.0 Å². The number of rotatable bonds is 5. The van der Waals surface area contributed by atoms with Crippen molar-refractivity contribution >= 4 is 29.1 Å². The van der Waals surface area contributed by atoms with Gasteiger partial charge in [0.2, 0.25) is 0 Å². The van der Waals surface area contributed by atoms with Crippen molar-refractivity contribution in [3.8, 4) is 16.9 Å². The Hall–Kier alpha value is -2.07. The van der Waals surface area contributed by atoms with E-state index >= 15 is 0 Å². The topological polar surface area (TPSA) is 18.5 Å². The zero-order valence-electron chi connectivity index (χ0n) is 18.3. The van der Waals surface area contributed by atoms with E-state index in [1.54, 1.807) is 12.1 Å². The summed E-state index contributed by atoms with van der Waals surface area (Å²) >= 11 is 0. The van der Waals surface area contributed by atoms with Crippen molar-refractivity contribution in [2.45, 2.75) is 32.2 Å². The van der Waals surface area contributed by atoms with Crippen molar-refractivity contribution in [3.05, 3.63) is 76.9 Å². The van der Waals surface area contributed by atoms with Crippen LogP contribution in [0.5, 0.6) is 5.75 Å². The van der Waals surface area contributed by atoms with E-state index in [0.29, 0.717) is 18.1 Å². The first-order valence-corrected chi connectivity index (χ1v) is 11.8. The number of halogens is 5. The van der Waals surface area contributed by atoms with E-state index in [1.807, 2.05) is 9.24 Å². The van der Waals surface area contributed by atoms with Crippen molar-refractivity contribution in [3.63, 3.8) is 0 Å². The maximum atomic E-state index is 14.9. The third-order valence-corrected chi connectivity index (χ3v) is 6.89. The number of hydrogen-bond donors (Lipinski definition) is 0. The van der Waals surface area contributed by atoms with Gasteiger partial charge in [-0.1, -0.05) is 28.3 Å². The van der Waals surface area contributed by atoms with Gasteiger partial charge in [-0.3, -0.25) is 0 Å². The molecule has 1 fully saturated rings. The molecule has 5 atom stereocenters. The molecule has 0 N–H and O–H groups in total. The summed E-state index contributed by atoms with van der Waals surface area (Å²) in [6.45, 7) is 2.71. The van der Waals surface area contributed by atoms with Gasteiger partial charge in [-0.2, -0.15) is 4.39 Å². The number of benzene rings is 3. The molecule has 9 heteroatoms. The fourth-order valence-electron chi connectivity index (χ4n) is 3.95. The van der Waals surface area contributed by atoms with Gasteiger partial charge < -0.3 is 9.47 Å². The highest BCUT2D eigenvalue weighted by Crippen LogP contribution is 2.34. The molecular formula is C25H23F5O2P2. The van der Waals surface area contributed by atoms with E-state index in [4.69, 9.17) is 9.47 Å². The van der Waals surface area contributed by atoms with Crippen molar-refractivity contribution in [1.29, 1.82) is 0 Å². The Labute approximate surface area is 199 Å². The first-order chi connectivity index (χ1) is 16.1. The summed E-state index contributed by atoms with van der Waals surface area (Å²) in [5.41, 5.74) is 0.611. The lowest BCUT2D eigenvalue weighted by molar-refractivity contribution is -0.0125. The zero-order valence-corrected chi connectivity index (χ0v) is 20.6. The van der Waals surface area contributed by atoms with Crippen LogP contribution in [0.2, 0.25) is 0 Å². The molecule has 0 amide bonds. The molecule has 0 bridgehead atoms. The second kappa shape index (κ2) is 10.3. The summed E-state index contributed by atoms with van der Waals surface area (Å²) in [6.07, 6.45) is -0.737. The Morgan fingerprint density at radius 2 is 1.62 bits per heavy atom. The van der Waals surface area contributed by atoms with E-state index < -0.39 is 40.9 Å². The predicted octanol–water partition coefficient (Wildman–Crippen LogP) is 6.45. The van der Waals surface area contributed by atoms with Crippen LogP contribution in [-0.2, 0) is 4.74 Å². The molecule has 2 nitrogen and oxygen atoms in total. The number of hydrogen-bond acceptors (Lipinski definition) is 2. The standard InChI is InChI=1S/C25H23F5O2P2/c1-12-2-5-21(31-11-12)13-3-4-16(17(26)6-13)14-7-18(27)23(22(33)8-14)25(30)32-15-9-19(28)24(34)20(29)10-15/h3-4,6-10,12,21,25H,2,5,11,33-34H2,1H3. The third-order valence-electron chi connectivity index (χ3n) is 5.86. The Balaban J connectivity index is 1.57. The largest absolute Gasteiger partial charge is 0.456 e. The Kier molecular flexibility index (Phi) is 7.57. The highest BCUT2D eigenvalue weighted by molar-refractivity contribution is 7.27. The minimum Gasteiger partial charge on any atom is -0.456 e. The minimum atomic E-state index is -2.34. The van der Waals surface area contributed by atoms with E-state index in [9.17, 15) is 22.0 Å². The maximum Gasteiger partial charge on any atom is 0.267 e. The normalized spacial score (nSPS) is 19.2.